The normalized spacial score (nSPS) is 26.1. The molecule has 1 amide bonds. The smallest absolute Gasteiger partial charge is 0.241 e. The van der Waals surface area contributed by atoms with Crippen molar-refractivity contribution in [2.45, 2.75) is 66.6 Å². The SMILES string of the molecule is CC(C)CC1NC(C)N(CCC(C)(C)C)C1=O. The van der Waals surface area contributed by atoms with Gasteiger partial charge in [-0.3, -0.25) is 10.1 Å². The van der Waals surface area contributed by atoms with Crippen LogP contribution in [-0.4, -0.2) is 29.6 Å². The van der Waals surface area contributed by atoms with Gasteiger partial charge in [-0.05, 0) is 31.1 Å². The molecule has 2 unspecified atom stereocenters. The van der Waals surface area contributed by atoms with Crippen molar-refractivity contribution in [2.75, 3.05) is 6.54 Å². The van der Waals surface area contributed by atoms with E-state index >= 15 is 0 Å². The second kappa shape index (κ2) is 5.38. The molecule has 0 radical (unpaired) electrons. The van der Waals surface area contributed by atoms with Gasteiger partial charge in [0.15, 0.2) is 0 Å². The molecule has 0 spiro atoms. The lowest BCUT2D eigenvalue weighted by Gasteiger charge is -2.26. The maximum atomic E-state index is 12.2. The third-order valence-electron chi connectivity index (χ3n) is 3.30. The van der Waals surface area contributed by atoms with E-state index < -0.39 is 0 Å². The van der Waals surface area contributed by atoms with E-state index in [-0.39, 0.29) is 23.5 Å². The predicted molar refractivity (Wildman–Crippen MR) is 71.6 cm³/mol. The van der Waals surface area contributed by atoms with Gasteiger partial charge in [-0.2, -0.15) is 0 Å². The van der Waals surface area contributed by atoms with Crippen LogP contribution in [0.5, 0.6) is 0 Å². The summed E-state index contributed by atoms with van der Waals surface area (Å²) in [7, 11) is 0. The van der Waals surface area contributed by atoms with E-state index in [1.54, 1.807) is 0 Å². The number of carbonyl (C=O) groups excluding carboxylic acids is 1. The minimum absolute atomic E-state index is 0.0324. The summed E-state index contributed by atoms with van der Waals surface area (Å²) in [5.74, 6) is 0.849. The standard InChI is InChI=1S/C14H28N2O/c1-10(2)9-12-13(17)16(11(3)15-12)8-7-14(4,5)6/h10-12,15H,7-9H2,1-6H3. The van der Waals surface area contributed by atoms with Crippen LogP contribution < -0.4 is 5.32 Å². The van der Waals surface area contributed by atoms with Gasteiger partial charge in [0.1, 0.15) is 0 Å². The first-order valence-electron chi connectivity index (χ1n) is 6.77. The maximum Gasteiger partial charge on any atom is 0.241 e. The molecule has 1 heterocycles. The van der Waals surface area contributed by atoms with E-state index in [9.17, 15) is 4.79 Å². The van der Waals surface area contributed by atoms with E-state index in [1.165, 1.54) is 0 Å². The summed E-state index contributed by atoms with van der Waals surface area (Å²) < 4.78 is 0. The van der Waals surface area contributed by atoms with Gasteiger partial charge < -0.3 is 4.90 Å². The molecule has 1 aliphatic rings. The Labute approximate surface area is 106 Å². The Balaban J connectivity index is 2.54. The van der Waals surface area contributed by atoms with Crippen molar-refractivity contribution in [3.63, 3.8) is 0 Å². The van der Waals surface area contributed by atoms with Gasteiger partial charge in [0, 0.05) is 6.54 Å². The van der Waals surface area contributed by atoms with Crippen LogP contribution in [0.1, 0.15) is 54.4 Å². The second-order valence-corrected chi connectivity index (χ2v) is 6.87. The molecule has 1 fully saturated rings. The fourth-order valence-corrected chi connectivity index (χ4v) is 2.24. The highest BCUT2D eigenvalue weighted by Gasteiger charge is 2.36. The van der Waals surface area contributed by atoms with Gasteiger partial charge in [0.2, 0.25) is 5.91 Å². The summed E-state index contributed by atoms with van der Waals surface area (Å²) in [6.07, 6.45) is 2.18. The first-order valence-corrected chi connectivity index (χ1v) is 6.77. The minimum atomic E-state index is 0.0324. The first kappa shape index (κ1) is 14.5. The molecule has 1 saturated heterocycles. The zero-order valence-electron chi connectivity index (χ0n) is 12.2. The van der Waals surface area contributed by atoms with E-state index in [0.717, 1.165) is 19.4 Å². The number of hydrogen-bond acceptors (Lipinski definition) is 2. The number of nitrogens with one attached hydrogen (secondary N) is 1. The molecule has 1 rings (SSSR count). The fourth-order valence-electron chi connectivity index (χ4n) is 2.24. The molecule has 0 bridgehead atoms. The zero-order chi connectivity index (χ0) is 13.2. The molecule has 0 aromatic rings. The fraction of sp³-hybridized carbons (Fsp3) is 0.929. The lowest BCUT2D eigenvalue weighted by Crippen LogP contribution is -2.36. The molecule has 0 aliphatic carbocycles. The average molecular weight is 240 g/mol. The summed E-state index contributed by atoms with van der Waals surface area (Å²) in [6, 6.07) is 0.0324. The summed E-state index contributed by atoms with van der Waals surface area (Å²) >= 11 is 0. The van der Waals surface area contributed by atoms with Crippen molar-refractivity contribution in [2.24, 2.45) is 11.3 Å². The largest absolute Gasteiger partial charge is 0.326 e. The van der Waals surface area contributed by atoms with Gasteiger partial charge in [-0.25, -0.2) is 0 Å². The molecule has 2 atom stereocenters. The highest BCUT2D eigenvalue weighted by molar-refractivity contribution is 5.84. The van der Waals surface area contributed by atoms with Crippen molar-refractivity contribution in [3.8, 4) is 0 Å². The lowest BCUT2D eigenvalue weighted by molar-refractivity contribution is -0.130. The van der Waals surface area contributed by atoms with Crippen LogP contribution in [0.2, 0.25) is 0 Å². The van der Waals surface area contributed by atoms with Gasteiger partial charge in [0.05, 0.1) is 12.2 Å². The Kier molecular flexibility index (Phi) is 4.59. The third kappa shape index (κ3) is 4.30. The first-order chi connectivity index (χ1) is 7.70. The molecular formula is C14H28N2O. The predicted octanol–water partition coefficient (Wildman–Crippen LogP) is 2.62. The Morgan fingerprint density at radius 3 is 2.41 bits per heavy atom. The molecule has 3 heteroatoms. The monoisotopic (exact) mass is 240 g/mol. The van der Waals surface area contributed by atoms with Gasteiger partial charge in [-0.1, -0.05) is 34.6 Å². The van der Waals surface area contributed by atoms with Gasteiger partial charge in [0.25, 0.3) is 0 Å². The Morgan fingerprint density at radius 1 is 1.35 bits per heavy atom. The molecule has 3 nitrogen and oxygen atoms in total. The number of rotatable bonds is 4. The number of carbonyl (C=O) groups is 1. The topological polar surface area (TPSA) is 32.3 Å². The average Bonchev–Trinajstić information content (AvgIpc) is 2.37. The maximum absolute atomic E-state index is 12.2. The summed E-state index contributed by atoms with van der Waals surface area (Å²) in [5.41, 5.74) is 0.288. The zero-order valence-corrected chi connectivity index (χ0v) is 12.2. The molecule has 1 aliphatic heterocycles. The summed E-state index contributed by atoms with van der Waals surface area (Å²) in [6.45, 7) is 13.9. The highest BCUT2D eigenvalue weighted by atomic mass is 16.2. The van der Waals surface area contributed by atoms with Gasteiger partial charge >= 0.3 is 0 Å². The molecule has 1 N–H and O–H groups in total. The quantitative estimate of drug-likeness (QED) is 0.819. The van der Waals surface area contributed by atoms with E-state index in [4.69, 9.17) is 0 Å². The molecule has 0 aromatic heterocycles. The minimum Gasteiger partial charge on any atom is -0.326 e. The third-order valence-corrected chi connectivity index (χ3v) is 3.30. The van der Waals surface area contributed by atoms with Crippen molar-refractivity contribution in [1.29, 1.82) is 0 Å². The van der Waals surface area contributed by atoms with Crippen LogP contribution in [0.4, 0.5) is 0 Å². The van der Waals surface area contributed by atoms with Crippen LogP contribution in [0.25, 0.3) is 0 Å². The second-order valence-electron chi connectivity index (χ2n) is 6.87. The van der Waals surface area contributed by atoms with Crippen LogP contribution in [-0.2, 0) is 4.79 Å². The summed E-state index contributed by atoms with van der Waals surface area (Å²) in [4.78, 5) is 14.2. The van der Waals surface area contributed by atoms with Crippen LogP contribution in [0.15, 0.2) is 0 Å². The molecule has 0 aromatic carbocycles. The lowest BCUT2D eigenvalue weighted by atomic mass is 9.92. The van der Waals surface area contributed by atoms with Crippen molar-refractivity contribution < 1.29 is 4.79 Å². The molecule has 17 heavy (non-hydrogen) atoms. The van der Waals surface area contributed by atoms with E-state index in [2.05, 4.69) is 46.9 Å². The van der Waals surface area contributed by atoms with Crippen molar-refractivity contribution >= 4 is 5.91 Å². The van der Waals surface area contributed by atoms with Crippen LogP contribution >= 0.6 is 0 Å². The van der Waals surface area contributed by atoms with Crippen LogP contribution in [0.3, 0.4) is 0 Å². The Morgan fingerprint density at radius 2 is 1.94 bits per heavy atom. The van der Waals surface area contributed by atoms with Crippen molar-refractivity contribution in [1.82, 2.24) is 10.2 Å². The Bertz CT molecular complexity index is 268. The summed E-state index contributed by atoms with van der Waals surface area (Å²) in [5, 5.41) is 3.40. The highest BCUT2D eigenvalue weighted by Crippen LogP contribution is 2.22. The van der Waals surface area contributed by atoms with Gasteiger partial charge in [-0.15, -0.1) is 0 Å². The van der Waals surface area contributed by atoms with Crippen LogP contribution in [0, 0.1) is 11.3 Å². The van der Waals surface area contributed by atoms with Crippen molar-refractivity contribution in [3.05, 3.63) is 0 Å². The Hall–Kier alpha value is -0.570. The van der Waals surface area contributed by atoms with E-state index in [0.29, 0.717) is 5.92 Å². The number of nitrogens with zero attached hydrogens (tertiary/aromatic N) is 1. The number of amides is 1. The molecule has 100 valence electrons. The number of hydrogen-bond donors (Lipinski definition) is 1. The van der Waals surface area contributed by atoms with E-state index in [1.807, 2.05) is 4.90 Å². The molecule has 0 saturated carbocycles. The molecular weight excluding hydrogens is 212 g/mol.